The van der Waals surface area contributed by atoms with Crippen LogP contribution in [0.2, 0.25) is 0 Å². The molecule has 0 aliphatic carbocycles. The minimum atomic E-state index is 0.00963. The standard InChI is InChI=1S/C17H27N3O2/c1-3-22-17-12-15(13-18-8-9-19-14(2)21)6-7-16(17)20-10-4-5-11-20/h6-7,12,18H,3-5,8-11,13H2,1-2H3,(H,19,21). The molecule has 1 aromatic rings. The summed E-state index contributed by atoms with van der Waals surface area (Å²) in [7, 11) is 0. The second-order valence-corrected chi connectivity index (χ2v) is 5.59. The number of rotatable bonds is 8. The van der Waals surface area contributed by atoms with Crippen LogP contribution in [0.1, 0.15) is 32.3 Å². The van der Waals surface area contributed by atoms with E-state index in [9.17, 15) is 4.79 Å². The van der Waals surface area contributed by atoms with Gasteiger partial charge in [-0.05, 0) is 37.5 Å². The Kier molecular flexibility index (Phi) is 6.52. The van der Waals surface area contributed by atoms with Crippen molar-refractivity contribution in [3.8, 4) is 5.75 Å². The van der Waals surface area contributed by atoms with Crippen molar-refractivity contribution in [2.45, 2.75) is 33.2 Å². The van der Waals surface area contributed by atoms with E-state index in [0.29, 0.717) is 13.2 Å². The highest BCUT2D eigenvalue weighted by Crippen LogP contribution is 2.32. The molecule has 1 fully saturated rings. The van der Waals surface area contributed by atoms with Crippen molar-refractivity contribution in [3.05, 3.63) is 23.8 Å². The van der Waals surface area contributed by atoms with E-state index in [1.54, 1.807) is 0 Å². The van der Waals surface area contributed by atoms with Crippen molar-refractivity contribution in [2.75, 3.05) is 37.7 Å². The molecule has 0 aromatic heterocycles. The summed E-state index contributed by atoms with van der Waals surface area (Å²) in [5.74, 6) is 0.987. The Bertz CT molecular complexity index is 485. The van der Waals surface area contributed by atoms with Crippen molar-refractivity contribution in [3.63, 3.8) is 0 Å². The fourth-order valence-corrected chi connectivity index (χ4v) is 2.72. The molecule has 0 bridgehead atoms. The quantitative estimate of drug-likeness (QED) is 0.721. The average molecular weight is 305 g/mol. The predicted molar refractivity (Wildman–Crippen MR) is 89.4 cm³/mol. The van der Waals surface area contributed by atoms with E-state index < -0.39 is 0 Å². The smallest absolute Gasteiger partial charge is 0.216 e. The number of carbonyl (C=O) groups excluding carboxylic acids is 1. The first kappa shape index (κ1) is 16.6. The van der Waals surface area contributed by atoms with Crippen molar-refractivity contribution >= 4 is 11.6 Å². The normalized spacial score (nSPS) is 14.2. The lowest BCUT2D eigenvalue weighted by Gasteiger charge is -2.22. The first-order chi connectivity index (χ1) is 10.7. The Balaban J connectivity index is 1.91. The molecule has 1 aromatic carbocycles. The molecule has 2 N–H and O–H groups in total. The molecular formula is C17H27N3O2. The number of ether oxygens (including phenoxy) is 1. The molecule has 1 heterocycles. The van der Waals surface area contributed by atoms with Gasteiger partial charge in [-0.2, -0.15) is 0 Å². The summed E-state index contributed by atoms with van der Waals surface area (Å²) in [5.41, 5.74) is 2.41. The van der Waals surface area contributed by atoms with Gasteiger partial charge in [0.2, 0.25) is 5.91 Å². The lowest BCUT2D eigenvalue weighted by Crippen LogP contribution is -2.29. The Morgan fingerprint density at radius 1 is 1.27 bits per heavy atom. The third kappa shape index (κ3) is 4.91. The Labute approximate surface area is 133 Å². The lowest BCUT2D eigenvalue weighted by atomic mass is 10.1. The minimum Gasteiger partial charge on any atom is -0.492 e. The second kappa shape index (κ2) is 8.63. The van der Waals surface area contributed by atoms with E-state index >= 15 is 0 Å². The molecule has 0 unspecified atom stereocenters. The van der Waals surface area contributed by atoms with Crippen LogP contribution in [0.15, 0.2) is 18.2 Å². The number of hydrogen-bond donors (Lipinski definition) is 2. The molecular weight excluding hydrogens is 278 g/mol. The van der Waals surface area contributed by atoms with Crippen LogP contribution >= 0.6 is 0 Å². The van der Waals surface area contributed by atoms with Gasteiger partial charge < -0.3 is 20.3 Å². The highest BCUT2D eigenvalue weighted by molar-refractivity contribution is 5.72. The summed E-state index contributed by atoms with van der Waals surface area (Å²) in [5, 5.41) is 6.11. The van der Waals surface area contributed by atoms with Crippen LogP contribution in [0.3, 0.4) is 0 Å². The van der Waals surface area contributed by atoms with E-state index in [0.717, 1.165) is 31.9 Å². The highest BCUT2D eigenvalue weighted by Gasteiger charge is 2.16. The maximum atomic E-state index is 10.8. The second-order valence-electron chi connectivity index (χ2n) is 5.59. The average Bonchev–Trinajstić information content (AvgIpc) is 3.01. The number of benzene rings is 1. The summed E-state index contributed by atoms with van der Waals surface area (Å²) in [4.78, 5) is 13.2. The van der Waals surface area contributed by atoms with Gasteiger partial charge in [0.25, 0.3) is 0 Å². The van der Waals surface area contributed by atoms with Gasteiger partial charge in [0, 0.05) is 39.6 Å². The first-order valence-electron chi connectivity index (χ1n) is 8.16. The molecule has 2 rings (SSSR count). The first-order valence-corrected chi connectivity index (χ1v) is 8.16. The van der Waals surface area contributed by atoms with E-state index in [2.05, 4.69) is 33.7 Å². The van der Waals surface area contributed by atoms with Crippen LogP contribution < -0.4 is 20.3 Å². The molecule has 0 saturated carbocycles. The highest BCUT2D eigenvalue weighted by atomic mass is 16.5. The number of hydrogen-bond acceptors (Lipinski definition) is 4. The van der Waals surface area contributed by atoms with E-state index in [1.807, 2.05) is 6.92 Å². The zero-order valence-corrected chi connectivity index (χ0v) is 13.7. The van der Waals surface area contributed by atoms with Crippen LogP contribution in [0.25, 0.3) is 0 Å². The maximum absolute atomic E-state index is 10.8. The zero-order valence-electron chi connectivity index (χ0n) is 13.7. The predicted octanol–water partition coefficient (Wildman–Crippen LogP) is 1.91. The summed E-state index contributed by atoms with van der Waals surface area (Å²) < 4.78 is 5.82. The van der Waals surface area contributed by atoms with Gasteiger partial charge in [0.05, 0.1) is 12.3 Å². The summed E-state index contributed by atoms with van der Waals surface area (Å²) >= 11 is 0. The molecule has 5 nitrogen and oxygen atoms in total. The number of carbonyl (C=O) groups is 1. The molecule has 1 amide bonds. The van der Waals surface area contributed by atoms with E-state index in [-0.39, 0.29) is 5.91 Å². The van der Waals surface area contributed by atoms with E-state index in [1.165, 1.54) is 31.0 Å². The van der Waals surface area contributed by atoms with Gasteiger partial charge in [0.15, 0.2) is 0 Å². The largest absolute Gasteiger partial charge is 0.492 e. The molecule has 0 atom stereocenters. The topological polar surface area (TPSA) is 53.6 Å². The molecule has 1 aliphatic heterocycles. The third-order valence-corrected chi connectivity index (χ3v) is 3.78. The Hall–Kier alpha value is -1.75. The monoisotopic (exact) mass is 305 g/mol. The van der Waals surface area contributed by atoms with Crippen molar-refractivity contribution in [1.82, 2.24) is 10.6 Å². The molecule has 5 heteroatoms. The van der Waals surface area contributed by atoms with Crippen molar-refractivity contribution < 1.29 is 9.53 Å². The summed E-state index contributed by atoms with van der Waals surface area (Å²) in [6.45, 7) is 8.66. The fraction of sp³-hybridized carbons (Fsp3) is 0.588. The van der Waals surface area contributed by atoms with E-state index in [4.69, 9.17) is 4.74 Å². The van der Waals surface area contributed by atoms with Gasteiger partial charge in [-0.15, -0.1) is 0 Å². The number of anilines is 1. The van der Waals surface area contributed by atoms with Gasteiger partial charge in [-0.25, -0.2) is 0 Å². The minimum absolute atomic E-state index is 0.00963. The van der Waals surface area contributed by atoms with Gasteiger partial charge in [0.1, 0.15) is 5.75 Å². The van der Waals surface area contributed by atoms with Gasteiger partial charge in [-0.1, -0.05) is 6.07 Å². The number of nitrogens with zero attached hydrogens (tertiary/aromatic N) is 1. The maximum Gasteiger partial charge on any atom is 0.216 e. The molecule has 1 aliphatic rings. The lowest BCUT2D eigenvalue weighted by molar-refractivity contribution is -0.118. The molecule has 0 radical (unpaired) electrons. The molecule has 0 spiro atoms. The van der Waals surface area contributed by atoms with Crippen LogP contribution in [-0.4, -0.2) is 38.7 Å². The Morgan fingerprint density at radius 2 is 2.05 bits per heavy atom. The Morgan fingerprint density at radius 3 is 2.73 bits per heavy atom. The van der Waals surface area contributed by atoms with Crippen LogP contribution in [-0.2, 0) is 11.3 Å². The van der Waals surface area contributed by atoms with Crippen molar-refractivity contribution in [1.29, 1.82) is 0 Å². The molecule has 1 saturated heterocycles. The van der Waals surface area contributed by atoms with Gasteiger partial charge >= 0.3 is 0 Å². The third-order valence-electron chi connectivity index (χ3n) is 3.78. The SMILES string of the molecule is CCOc1cc(CNCCNC(C)=O)ccc1N1CCCC1. The number of nitrogens with one attached hydrogen (secondary N) is 2. The molecule has 22 heavy (non-hydrogen) atoms. The van der Waals surface area contributed by atoms with Crippen LogP contribution in [0.5, 0.6) is 5.75 Å². The summed E-state index contributed by atoms with van der Waals surface area (Å²) in [6, 6.07) is 6.45. The fourth-order valence-electron chi connectivity index (χ4n) is 2.72. The zero-order chi connectivity index (χ0) is 15.8. The van der Waals surface area contributed by atoms with Crippen molar-refractivity contribution in [2.24, 2.45) is 0 Å². The van der Waals surface area contributed by atoms with Crippen LogP contribution in [0, 0.1) is 0 Å². The summed E-state index contributed by atoms with van der Waals surface area (Å²) in [6.07, 6.45) is 2.52. The van der Waals surface area contributed by atoms with Gasteiger partial charge in [-0.3, -0.25) is 4.79 Å². The van der Waals surface area contributed by atoms with Crippen LogP contribution in [0.4, 0.5) is 5.69 Å². The molecule has 122 valence electrons. The number of amides is 1.